The van der Waals surface area contributed by atoms with E-state index in [4.69, 9.17) is 17.7 Å². The lowest BCUT2D eigenvalue weighted by molar-refractivity contribution is -0.918. The molecule has 0 amide bonds. The van der Waals surface area contributed by atoms with Crippen LogP contribution in [0, 0.1) is 0 Å². The Balaban J connectivity index is 2.63. The summed E-state index contributed by atoms with van der Waals surface area (Å²) in [6.45, 7) is 5.52. The Kier molecular flexibility index (Phi) is 3.18. The van der Waals surface area contributed by atoms with E-state index >= 15 is 0 Å². The molecule has 5 nitrogen and oxygen atoms in total. The zero-order valence-electron chi connectivity index (χ0n) is 7.36. The van der Waals surface area contributed by atoms with Crippen LogP contribution in [0.2, 0.25) is 0 Å². The molecule has 1 aliphatic rings. The van der Waals surface area contributed by atoms with Gasteiger partial charge in [-0.05, 0) is 0 Å². The number of quaternary nitrogens is 1. The number of carboxylic acids is 1. The van der Waals surface area contributed by atoms with Crippen molar-refractivity contribution in [1.29, 1.82) is 0 Å². The maximum absolute atomic E-state index is 10.5. The molecule has 1 rings (SSSR count). The van der Waals surface area contributed by atoms with E-state index in [0.717, 1.165) is 4.90 Å². The highest BCUT2D eigenvalue weighted by molar-refractivity contribution is 7.59. The molecule has 0 bridgehead atoms. The van der Waals surface area contributed by atoms with Crippen LogP contribution in [0.4, 0.5) is 0 Å². The highest BCUT2D eigenvalue weighted by Crippen LogP contribution is 1.95. The zero-order chi connectivity index (χ0) is 10.0. The molecule has 1 fully saturated rings. The second-order valence-electron chi connectivity index (χ2n) is 2.92. The fourth-order valence-electron chi connectivity index (χ4n) is 1.35. The number of nitrogens with one attached hydrogen (secondary N) is 2. The Morgan fingerprint density at radius 2 is 2.54 bits per heavy atom. The Morgan fingerprint density at radius 1 is 1.92 bits per heavy atom. The third kappa shape index (κ3) is 2.15. The van der Waals surface area contributed by atoms with Crippen molar-refractivity contribution in [2.45, 2.75) is 18.6 Å². The molecule has 13 heavy (non-hydrogen) atoms. The minimum Gasteiger partial charge on any atom is -0.709 e. The lowest BCUT2D eigenvalue weighted by Gasteiger charge is -2.24. The first kappa shape index (κ1) is 10.4. The largest absolute Gasteiger partial charge is 0.709 e. The Morgan fingerprint density at radius 3 is 2.92 bits per heavy atom. The van der Waals surface area contributed by atoms with Gasteiger partial charge in [-0.1, -0.05) is 6.58 Å². The molecule has 0 aromatic rings. The Hall–Kier alpha value is -0.720. The smallest absolute Gasteiger partial charge is 0.359 e. The topological polar surface area (TPSA) is 57.0 Å². The van der Waals surface area contributed by atoms with Crippen LogP contribution >= 0.6 is 0 Å². The summed E-state index contributed by atoms with van der Waals surface area (Å²) in [6, 6.07) is 0. The first-order valence-corrected chi connectivity index (χ1v) is 4.43. The van der Waals surface area contributed by atoms with Crippen LogP contribution in [0.25, 0.3) is 0 Å². The average molecular weight is 203 g/mol. The van der Waals surface area contributed by atoms with Gasteiger partial charge in [0.2, 0.25) is 0 Å². The summed E-state index contributed by atoms with van der Waals surface area (Å²) in [4.78, 5) is 11.3. The minimum atomic E-state index is -0.843. The van der Waals surface area contributed by atoms with Crippen LogP contribution in [0.3, 0.4) is 0 Å². The predicted octanol–water partition coefficient (Wildman–Crippen LogP) is -1.90. The number of nitrogens with zero attached hydrogens (tertiary/aromatic N) is 1. The molecule has 0 aliphatic carbocycles. The standard InChI is InChI=1S/C7H13N3O2S/c1-3-10-5(2)9(4-6(11)12)7(13)8-10/h3,5,7-8,13H,1,4H2,2H3,(H,11,12). The summed E-state index contributed by atoms with van der Waals surface area (Å²) < 4.78 is 0. The van der Waals surface area contributed by atoms with Gasteiger partial charge in [-0.15, -0.1) is 0 Å². The first-order chi connectivity index (χ1) is 6.06. The fraction of sp³-hybridized carbons (Fsp3) is 0.571. The van der Waals surface area contributed by atoms with Gasteiger partial charge in [-0.25, -0.2) is 4.79 Å². The summed E-state index contributed by atoms with van der Waals surface area (Å²) in [5.74, 6) is -0.843. The normalized spacial score (nSPS) is 33.4. The molecule has 3 unspecified atom stereocenters. The maximum atomic E-state index is 10.5. The molecule has 1 aliphatic heterocycles. The average Bonchev–Trinajstić information content (AvgIpc) is 2.31. The van der Waals surface area contributed by atoms with Crippen LogP contribution in [-0.2, 0) is 17.4 Å². The Labute approximate surface area is 82.4 Å². The van der Waals surface area contributed by atoms with E-state index in [-0.39, 0.29) is 18.2 Å². The van der Waals surface area contributed by atoms with Crippen molar-refractivity contribution in [2.75, 3.05) is 6.54 Å². The number of hydrazine groups is 1. The number of hydrogen-bond donors (Lipinski definition) is 3. The monoisotopic (exact) mass is 203 g/mol. The second-order valence-corrected chi connectivity index (χ2v) is 3.39. The summed E-state index contributed by atoms with van der Waals surface area (Å²) in [7, 11) is 0. The quantitative estimate of drug-likeness (QED) is 0.468. The van der Waals surface area contributed by atoms with Crippen molar-refractivity contribution in [1.82, 2.24) is 10.4 Å². The number of hydrogen-bond acceptors (Lipinski definition) is 4. The second kappa shape index (κ2) is 3.99. The molecule has 6 heteroatoms. The molecular formula is C7H13N3O2S. The molecule has 0 spiro atoms. The fourth-order valence-corrected chi connectivity index (χ4v) is 1.76. The van der Waals surface area contributed by atoms with E-state index in [9.17, 15) is 4.79 Å². The third-order valence-electron chi connectivity index (χ3n) is 2.11. The lowest BCUT2D eigenvalue weighted by Crippen LogP contribution is -3.18. The molecule has 0 aromatic carbocycles. The van der Waals surface area contributed by atoms with Crippen LogP contribution in [0.15, 0.2) is 12.8 Å². The molecule has 0 aromatic heterocycles. The van der Waals surface area contributed by atoms with Crippen molar-refractivity contribution in [3.05, 3.63) is 12.8 Å². The molecule has 0 radical (unpaired) electrons. The third-order valence-corrected chi connectivity index (χ3v) is 2.52. The van der Waals surface area contributed by atoms with Gasteiger partial charge in [0.05, 0.1) is 0 Å². The molecule has 3 atom stereocenters. The highest BCUT2D eigenvalue weighted by atomic mass is 32.1. The van der Waals surface area contributed by atoms with Gasteiger partial charge in [0, 0.05) is 18.6 Å². The van der Waals surface area contributed by atoms with Crippen LogP contribution < -0.4 is 10.3 Å². The van der Waals surface area contributed by atoms with Gasteiger partial charge in [0.25, 0.3) is 0 Å². The van der Waals surface area contributed by atoms with E-state index in [1.807, 2.05) is 6.92 Å². The maximum Gasteiger partial charge on any atom is 0.359 e. The van der Waals surface area contributed by atoms with E-state index in [0.29, 0.717) is 0 Å². The SMILES string of the molecule is C=CN1NC([S-])[NH+](CC(=O)O)C1C. The summed E-state index contributed by atoms with van der Waals surface area (Å²) in [5, 5.41) is 10.4. The minimum absolute atomic E-state index is 0.0103. The molecule has 74 valence electrons. The van der Waals surface area contributed by atoms with E-state index in [2.05, 4.69) is 12.0 Å². The first-order valence-electron chi connectivity index (χ1n) is 3.96. The number of rotatable bonds is 3. The highest BCUT2D eigenvalue weighted by Gasteiger charge is 2.32. The van der Waals surface area contributed by atoms with Crippen LogP contribution in [0.5, 0.6) is 0 Å². The van der Waals surface area contributed by atoms with Gasteiger partial charge in [-0.2, -0.15) is 5.43 Å². The molecule has 3 N–H and O–H groups in total. The van der Waals surface area contributed by atoms with Crippen molar-refractivity contribution >= 4 is 18.6 Å². The molecule has 1 saturated heterocycles. The van der Waals surface area contributed by atoms with Gasteiger partial charge < -0.3 is 22.6 Å². The number of aliphatic carboxylic acids is 1. The van der Waals surface area contributed by atoms with Crippen LogP contribution in [0.1, 0.15) is 6.92 Å². The van der Waals surface area contributed by atoms with Crippen molar-refractivity contribution in [3.8, 4) is 0 Å². The van der Waals surface area contributed by atoms with E-state index in [1.165, 1.54) is 0 Å². The van der Waals surface area contributed by atoms with Crippen LogP contribution in [-0.4, -0.2) is 34.3 Å². The van der Waals surface area contributed by atoms with Crippen molar-refractivity contribution in [3.63, 3.8) is 0 Å². The molecule has 0 saturated carbocycles. The molecule has 1 heterocycles. The van der Waals surface area contributed by atoms with Gasteiger partial charge >= 0.3 is 5.97 Å². The number of carboxylic acid groups (broad SMARTS) is 1. The van der Waals surface area contributed by atoms with Gasteiger partial charge in [-0.3, -0.25) is 5.01 Å². The lowest BCUT2D eigenvalue weighted by atomic mass is 10.4. The van der Waals surface area contributed by atoms with Gasteiger partial charge in [0.1, 0.15) is 0 Å². The summed E-state index contributed by atoms with van der Waals surface area (Å²) in [5.41, 5.74) is 2.64. The van der Waals surface area contributed by atoms with E-state index in [1.54, 1.807) is 11.2 Å². The summed E-state index contributed by atoms with van der Waals surface area (Å²) >= 11 is 5.06. The van der Waals surface area contributed by atoms with E-state index < -0.39 is 5.97 Å². The van der Waals surface area contributed by atoms with Crippen molar-refractivity contribution < 1.29 is 14.8 Å². The Bertz CT molecular complexity index is 224. The van der Waals surface area contributed by atoms with Crippen molar-refractivity contribution in [2.24, 2.45) is 0 Å². The predicted molar refractivity (Wildman–Crippen MR) is 49.3 cm³/mol. The summed E-state index contributed by atoms with van der Waals surface area (Å²) in [6.07, 6.45) is 1.62. The number of carbonyl (C=O) groups is 1. The zero-order valence-corrected chi connectivity index (χ0v) is 8.17. The molecular weight excluding hydrogens is 190 g/mol. The van der Waals surface area contributed by atoms with Gasteiger partial charge in [0.15, 0.2) is 12.7 Å².